The molecule has 0 saturated carbocycles. The summed E-state index contributed by atoms with van der Waals surface area (Å²) < 4.78 is 4.99. The number of carbonyl (C=O) groups excluding carboxylic acids is 2. The van der Waals surface area contributed by atoms with Gasteiger partial charge in [-0.25, -0.2) is 0 Å². The van der Waals surface area contributed by atoms with Crippen LogP contribution >= 0.6 is 0 Å². The van der Waals surface area contributed by atoms with E-state index in [1.165, 1.54) is 0 Å². The predicted molar refractivity (Wildman–Crippen MR) is 84.0 cm³/mol. The van der Waals surface area contributed by atoms with Crippen molar-refractivity contribution in [2.75, 3.05) is 6.61 Å². The molecule has 0 radical (unpaired) electrons. The first-order chi connectivity index (χ1) is 10.5. The van der Waals surface area contributed by atoms with Gasteiger partial charge in [0.05, 0.1) is 12.7 Å². The van der Waals surface area contributed by atoms with E-state index in [0.717, 1.165) is 5.56 Å². The second kappa shape index (κ2) is 8.99. The lowest BCUT2D eigenvalue weighted by atomic mass is 9.82. The third-order valence-electron chi connectivity index (χ3n) is 3.39. The number of hydrogen-bond donors (Lipinski definition) is 0. The molecule has 0 spiro atoms. The molecule has 4 heteroatoms. The van der Waals surface area contributed by atoms with Gasteiger partial charge in [0.25, 0.3) is 0 Å². The van der Waals surface area contributed by atoms with Gasteiger partial charge in [0.2, 0.25) is 0 Å². The highest BCUT2D eigenvalue weighted by atomic mass is 16.5. The average molecular weight is 301 g/mol. The minimum atomic E-state index is -0.960. The summed E-state index contributed by atoms with van der Waals surface area (Å²) in [5.74, 6) is -1.66. The molecule has 2 unspecified atom stereocenters. The minimum Gasteiger partial charge on any atom is -0.465 e. The van der Waals surface area contributed by atoms with Crippen molar-refractivity contribution in [1.29, 1.82) is 5.26 Å². The first-order valence-electron chi connectivity index (χ1n) is 7.62. The van der Waals surface area contributed by atoms with E-state index in [0.29, 0.717) is 6.42 Å². The molecule has 0 aliphatic rings. The first kappa shape index (κ1) is 17.9. The number of hydrogen-bond acceptors (Lipinski definition) is 4. The molecule has 0 amide bonds. The number of Topliss-reactive ketones (excluding diaryl/α,β-unsaturated/α-hetero) is 1. The van der Waals surface area contributed by atoms with E-state index in [-0.39, 0.29) is 24.7 Å². The quantitative estimate of drug-likeness (QED) is 0.689. The lowest BCUT2D eigenvalue weighted by Crippen LogP contribution is -2.25. The summed E-state index contributed by atoms with van der Waals surface area (Å²) in [5, 5.41) is 9.39. The van der Waals surface area contributed by atoms with Gasteiger partial charge in [-0.3, -0.25) is 9.59 Å². The summed E-state index contributed by atoms with van der Waals surface area (Å²) in [6.45, 7) is 5.87. The summed E-state index contributed by atoms with van der Waals surface area (Å²) in [6, 6.07) is 11.3. The summed E-state index contributed by atoms with van der Waals surface area (Å²) in [4.78, 5) is 24.2. The fourth-order valence-electron chi connectivity index (χ4n) is 2.45. The van der Waals surface area contributed by atoms with Crippen LogP contribution in [0.2, 0.25) is 0 Å². The zero-order valence-corrected chi connectivity index (χ0v) is 13.4. The van der Waals surface area contributed by atoms with Crippen molar-refractivity contribution in [3.8, 4) is 6.07 Å². The van der Waals surface area contributed by atoms with Crippen molar-refractivity contribution in [3.05, 3.63) is 35.9 Å². The second-order valence-electron chi connectivity index (χ2n) is 5.72. The van der Waals surface area contributed by atoms with E-state index in [2.05, 4.69) is 0 Å². The molecule has 0 saturated heterocycles. The summed E-state index contributed by atoms with van der Waals surface area (Å²) >= 11 is 0. The third kappa shape index (κ3) is 5.33. The van der Waals surface area contributed by atoms with Crippen molar-refractivity contribution < 1.29 is 14.3 Å². The van der Waals surface area contributed by atoms with Crippen LogP contribution < -0.4 is 0 Å². The van der Waals surface area contributed by atoms with Crippen molar-refractivity contribution >= 4 is 11.8 Å². The SMILES string of the molecule is CCOC(=O)C(C#N)C(CC(=O)CC(C)C)c1ccccc1. The van der Waals surface area contributed by atoms with E-state index >= 15 is 0 Å². The van der Waals surface area contributed by atoms with Crippen LogP contribution in [-0.4, -0.2) is 18.4 Å². The summed E-state index contributed by atoms with van der Waals surface area (Å²) in [7, 11) is 0. The monoisotopic (exact) mass is 301 g/mol. The van der Waals surface area contributed by atoms with Crippen LogP contribution in [0.15, 0.2) is 30.3 Å². The lowest BCUT2D eigenvalue weighted by molar-refractivity contribution is -0.146. The van der Waals surface area contributed by atoms with Crippen LogP contribution in [0.3, 0.4) is 0 Å². The largest absolute Gasteiger partial charge is 0.465 e. The van der Waals surface area contributed by atoms with Gasteiger partial charge in [-0.05, 0) is 18.4 Å². The number of esters is 1. The van der Waals surface area contributed by atoms with Crippen LogP contribution in [0.25, 0.3) is 0 Å². The Morgan fingerprint density at radius 1 is 1.18 bits per heavy atom. The molecule has 0 fully saturated rings. The van der Waals surface area contributed by atoms with Crippen molar-refractivity contribution in [1.82, 2.24) is 0 Å². The Kier molecular flexibility index (Phi) is 7.31. The molecule has 1 rings (SSSR count). The standard InChI is InChI=1S/C18H23NO3/c1-4-22-18(21)17(12-19)16(11-15(20)10-13(2)3)14-8-6-5-7-9-14/h5-9,13,16-17H,4,10-11H2,1-3H3. The van der Waals surface area contributed by atoms with E-state index in [1.54, 1.807) is 6.92 Å². The smallest absolute Gasteiger partial charge is 0.323 e. The molecule has 0 aliphatic carbocycles. The number of ketones is 1. The molecule has 1 aromatic rings. The Hall–Kier alpha value is -2.15. The van der Waals surface area contributed by atoms with E-state index in [4.69, 9.17) is 4.74 Å². The first-order valence-corrected chi connectivity index (χ1v) is 7.62. The Morgan fingerprint density at radius 2 is 1.82 bits per heavy atom. The van der Waals surface area contributed by atoms with Gasteiger partial charge in [0, 0.05) is 18.8 Å². The Morgan fingerprint density at radius 3 is 2.32 bits per heavy atom. The van der Waals surface area contributed by atoms with E-state index < -0.39 is 17.8 Å². The van der Waals surface area contributed by atoms with Gasteiger partial charge >= 0.3 is 5.97 Å². The van der Waals surface area contributed by atoms with Crippen molar-refractivity contribution in [3.63, 3.8) is 0 Å². The number of nitrogens with zero attached hydrogens (tertiary/aromatic N) is 1. The highest BCUT2D eigenvalue weighted by molar-refractivity contribution is 5.82. The molecular formula is C18H23NO3. The number of ether oxygens (including phenoxy) is 1. The van der Waals surface area contributed by atoms with Gasteiger partial charge in [-0.15, -0.1) is 0 Å². The number of benzene rings is 1. The molecule has 0 aromatic heterocycles. The van der Waals surface area contributed by atoms with Gasteiger partial charge in [-0.2, -0.15) is 5.26 Å². The third-order valence-corrected chi connectivity index (χ3v) is 3.39. The Balaban J connectivity index is 3.03. The zero-order chi connectivity index (χ0) is 16.5. The Bertz CT molecular complexity index is 531. The zero-order valence-electron chi connectivity index (χ0n) is 13.4. The Labute approximate surface area is 132 Å². The van der Waals surface area contributed by atoms with Crippen LogP contribution in [0.1, 0.15) is 45.1 Å². The number of carbonyl (C=O) groups is 2. The van der Waals surface area contributed by atoms with E-state index in [1.807, 2.05) is 50.2 Å². The maximum Gasteiger partial charge on any atom is 0.323 e. The second-order valence-corrected chi connectivity index (χ2v) is 5.72. The molecule has 4 nitrogen and oxygen atoms in total. The maximum absolute atomic E-state index is 12.2. The fourth-order valence-corrected chi connectivity index (χ4v) is 2.45. The number of rotatable bonds is 8. The van der Waals surface area contributed by atoms with Crippen molar-refractivity contribution in [2.24, 2.45) is 11.8 Å². The van der Waals surface area contributed by atoms with Gasteiger partial charge < -0.3 is 4.74 Å². The molecule has 0 bridgehead atoms. The topological polar surface area (TPSA) is 67.2 Å². The lowest BCUT2D eigenvalue weighted by Gasteiger charge is -2.21. The minimum absolute atomic E-state index is 0.0633. The van der Waals surface area contributed by atoms with Gasteiger partial charge in [0.15, 0.2) is 5.92 Å². The van der Waals surface area contributed by atoms with Crippen molar-refractivity contribution in [2.45, 2.75) is 39.5 Å². The molecule has 0 heterocycles. The predicted octanol–water partition coefficient (Wildman–Crippen LogP) is 3.48. The molecule has 2 atom stereocenters. The maximum atomic E-state index is 12.2. The normalized spacial score (nSPS) is 13.2. The van der Waals surface area contributed by atoms with Crippen LogP contribution in [0.5, 0.6) is 0 Å². The molecule has 118 valence electrons. The van der Waals surface area contributed by atoms with Gasteiger partial charge in [0.1, 0.15) is 5.78 Å². The van der Waals surface area contributed by atoms with E-state index in [9.17, 15) is 14.9 Å². The molecular weight excluding hydrogens is 278 g/mol. The van der Waals surface area contributed by atoms with Gasteiger partial charge in [-0.1, -0.05) is 44.2 Å². The molecule has 22 heavy (non-hydrogen) atoms. The fraction of sp³-hybridized carbons (Fsp3) is 0.500. The highest BCUT2D eigenvalue weighted by Crippen LogP contribution is 2.30. The molecule has 0 aliphatic heterocycles. The van der Waals surface area contributed by atoms with Crippen LogP contribution in [0.4, 0.5) is 0 Å². The summed E-state index contributed by atoms with van der Waals surface area (Å²) in [6.07, 6.45) is 0.629. The van der Waals surface area contributed by atoms with Crippen LogP contribution in [-0.2, 0) is 14.3 Å². The van der Waals surface area contributed by atoms with Crippen LogP contribution in [0, 0.1) is 23.2 Å². The number of nitriles is 1. The molecule has 1 aromatic carbocycles. The molecule has 0 N–H and O–H groups in total. The highest BCUT2D eigenvalue weighted by Gasteiger charge is 2.32. The average Bonchev–Trinajstić information content (AvgIpc) is 2.47. The summed E-state index contributed by atoms with van der Waals surface area (Å²) in [5.41, 5.74) is 0.819.